The van der Waals surface area contributed by atoms with Crippen LogP contribution in [-0.4, -0.2) is 45.0 Å². The number of hydrogen-bond acceptors (Lipinski definition) is 4. The summed E-state index contributed by atoms with van der Waals surface area (Å²) in [6.07, 6.45) is 2.82. The van der Waals surface area contributed by atoms with Gasteiger partial charge in [-0.3, -0.25) is 9.78 Å². The molecule has 1 aromatic rings. The predicted octanol–water partition coefficient (Wildman–Crippen LogP) is 1.36. The molecule has 1 aliphatic rings. The lowest BCUT2D eigenvalue weighted by Gasteiger charge is -2.33. The molecule has 16 heavy (non-hydrogen) atoms. The molecule has 0 spiro atoms. The number of aromatic hydroxyl groups is 1. The number of nitrogens with zero attached hydrogens (tertiary/aromatic N) is 2. The minimum Gasteiger partial charge on any atom is -0.506 e. The first kappa shape index (κ1) is 11.3. The topological polar surface area (TPSA) is 53.4 Å². The van der Waals surface area contributed by atoms with E-state index in [4.69, 9.17) is 0 Å². The second kappa shape index (κ2) is 4.74. The first-order chi connectivity index (χ1) is 7.68. The van der Waals surface area contributed by atoms with Crippen molar-refractivity contribution in [1.29, 1.82) is 0 Å². The van der Waals surface area contributed by atoms with Crippen LogP contribution in [0.5, 0.6) is 5.75 Å². The van der Waals surface area contributed by atoms with Crippen LogP contribution in [0.25, 0.3) is 0 Å². The molecular formula is C11H14N2O2S. The van der Waals surface area contributed by atoms with Crippen molar-refractivity contribution >= 4 is 17.7 Å². The maximum absolute atomic E-state index is 12.1. The molecule has 86 valence electrons. The minimum atomic E-state index is -0.0452. The third kappa shape index (κ3) is 2.29. The Labute approximate surface area is 98.7 Å². The molecule has 1 amide bonds. The van der Waals surface area contributed by atoms with Gasteiger partial charge in [-0.2, -0.15) is 11.8 Å². The summed E-state index contributed by atoms with van der Waals surface area (Å²) < 4.78 is 0. The van der Waals surface area contributed by atoms with Crippen LogP contribution in [0.3, 0.4) is 0 Å². The summed E-state index contributed by atoms with van der Waals surface area (Å²) in [6, 6.07) is 1.71. The molecule has 0 aromatic carbocycles. The first-order valence-corrected chi connectivity index (χ1v) is 6.36. The van der Waals surface area contributed by atoms with Crippen LogP contribution < -0.4 is 0 Å². The summed E-state index contributed by atoms with van der Waals surface area (Å²) in [4.78, 5) is 17.8. The number of carbonyl (C=O) groups is 1. The molecule has 0 aliphatic carbocycles. The maximum atomic E-state index is 12.1. The first-order valence-electron chi connectivity index (χ1n) is 5.21. The van der Waals surface area contributed by atoms with Gasteiger partial charge in [-0.1, -0.05) is 0 Å². The van der Waals surface area contributed by atoms with Crippen molar-refractivity contribution in [1.82, 2.24) is 9.88 Å². The fourth-order valence-electron chi connectivity index (χ4n) is 1.74. The zero-order chi connectivity index (χ0) is 11.5. The number of thioether (sulfide) groups is 1. The number of rotatable bonds is 1. The molecule has 2 heterocycles. The van der Waals surface area contributed by atoms with Crippen molar-refractivity contribution in [3.8, 4) is 5.75 Å². The molecule has 1 saturated heterocycles. The minimum absolute atomic E-state index is 0.0323. The highest BCUT2D eigenvalue weighted by Gasteiger charge is 2.24. The highest BCUT2D eigenvalue weighted by Crippen LogP contribution is 2.19. The van der Waals surface area contributed by atoms with E-state index < -0.39 is 0 Å². The Balaban J connectivity index is 2.17. The van der Waals surface area contributed by atoms with Crippen LogP contribution in [0.15, 0.2) is 18.5 Å². The molecule has 0 radical (unpaired) electrons. The van der Waals surface area contributed by atoms with E-state index in [9.17, 15) is 9.90 Å². The zero-order valence-electron chi connectivity index (χ0n) is 9.09. The van der Waals surface area contributed by atoms with Gasteiger partial charge in [0.25, 0.3) is 5.91 Å². The Morgan fingerprint density at radius 1 is 1.62 bits per heavy atom. The van der Waals surface area contributed by atoms with Crippen LogP contribution in [0.1, 0.15) is 17.3 Å². The van der Waals surface area contributed by atoms with E-state index in [1.54, 1.807) is 0 Å². The molecule has 2 rings (SSSR count). The average molecular weight is 238 g/mol. The summed E-state index contributed by atoms with van der Waals surface area (Å²) in [7, 11) is 0. The smallest absolute Gasteiger partial charge is 0.255 e. The van der Waals surface area contributed by atoms with Crippen LogP contribution in [0.4, 0.5) is 0 Å². The molecule has 0 saturated carbocycles. The fraction of sp³-hybridized carbons (Fsp3) is 0.455. The summed E-state index contributed by atoms with van der Waals surface area (Å²) >= 11 is 1.86. The highest BCUT2D eigenvalue weighted by molar-refractivity contribution is 7.99. The lowest BCUT2D eigenvalue weighted by molar-refractivity contribution is 0.0715. The number of amides is 1. The van der Waals surface area contributed by atoms with E-state index in [-0.39, 0.29) is 17.7 Å². The summed E-state index contributed by atoms with van der Waals surface area (Å²) in [5.41, 5.74) is 0.457. The Morgan fingerprint density at radius 2 is 2.44 bits per heavy atom. The fourth-order valence-corrected chi connectivity index (χ4v) is 2.75. The summed E-state index contributed by atoms with van der Waals surface area (Å²) in [5, 5.41) is 9.29. The van der Waals surface area contributed by atoms with Gasteiger partial charge in [-0.05, 0) is 13.0 Å². The van der Waals surface area contributed by atoms with Crippen molar-refractivity contribution < 1.29 is 9.90 Å². The number of hydrogen-bond donors (Lipinski definition) is 1. The third-order valence-corrected chi connectivity index (χ3v) is 3.79. The molecule has 5 heteroatoms. The normalized spacial score (nSPS) is 20.8. The summed E-state index contributed by atoms with van der Waals surface area (Å²) in [5.74, 6) is 1.93. The molecule has 4 nitrogen and oxygen atoms in total. The van der Waals surface area contributed by atoms with Crippen LogP contribution in [0.2, 0.25) is 0 Å². The average Bonchev–Trinajstić information content (AvgIpc) is 2.29. The Hall–Kier alpha value is -1.23. The number of aromatic nitrogens is 1. The van der Waals surface area contributed by atoms with E-state index in [0.717, 1.165) is 18.1 Å². The van der Waals surface area contributed by atoms with E-state index >= 15 is 0 Å². The highest BCUT2D eigenvalue weighted by atomic mass is 32.2. The molecule has 1 aromatic heterocycles. The van der Waals surface area contributed by atoms with Gasteiger partial charge in [0.2, 0.25) is 0 Å². The summed E-state index contributed by atoms with van der Waals surface area (Å²) in [6.45, 7) is 2.81. The third-order valence-electron chi connectivity index (χ3n) is 2.60. The quantitative estimate of drug-likeness (QED) is 0.802. The Kier molecular flexibility index (Phi) is 3.33. The molecular weight excluding hydrogens is 224 g/mol. The molecule has 0 bridgehead atoms. The van der Waals surface area contributed by atoms with Gasteiger partial charge in [-0.15, -0.1) is 0 Å². The Bertz CT molecular complexity index is 397. The van der Waals surface area contributed by atoms with E-state index in [1.807, 2.05) is 23.6 Å². The largest absolute Gasteiger partial charge is 0.506 e. The molecule has 1 atom stereocenters. The van der Waals surface area contributed by atoms with Crippen molar-refractivity contribution in [2.24, 2.45) is 0 Å². The van der Waals surface area contributed by atoms with Gasteiger partial charge in [-0.25, -0.2) is 0 Å². The van der Waals surface area contributed by atoms with Gasteiger partial charge in [0.1, 0.15) is 5.75 Å². The van der Waals surface area contributed by atoms with Crippen molar-refractivity contribution in [2.75, 3.05) is 18.1 Å². The van der Waals surface area contributed by atoms with Gasteiger partial charge < -0.3 is 10.0 Å². The van der Waals surface area contributed by atoms with E-state index in [1.165, 1.54) is 18.5 Å². The van der Waals surface area contributed by atoms with E-state index in [2.05, 4.69) is 4.98 Å². The van der Waals surface area contributed by atoms with Gasteiger partial charge >= 0.3 is 0 Å². The van der Waals surface area contributed by atoms with E-state index in [0.29, 0.717) is 5.56 Å². The van der Waals surface area contributed by atoms with Crippen LogP contribution in [0, 0.1) is 0 Å². The van der Waals surface area contributed by atoms with Crippen molar-refractivity contribution in [2.45, 2.75) is 13.0 Å². The van der Waals surface area contributed by atoms with Gasteiger partial charge in [0, 0.05) is 30.3 Å². The SMILES string of the molecule is CC1CSCCN1C(=O)c1cncc(O)c1. The standard InChI is InChI=1S/C11H14N2O2S/c1-8-7-16-3-2-13(8)11(15)9-4-10(14)6-12-5-9/h4-6,8,14H,2-3,7H2,1H3. The van der Waals surface area contributed by atoms with Gasteiger partial charge in [0.15, 0.2) is 0 Å². The molecule has 1 aliphatic heterocycles. The molecule has 1 fully saturated rings. The lowest BCUT2D eigenvalue weighted by Crippen LogP contribution is -2.44. The Morgan fingerprint density at radius 3 is 3.12 bits per heavy atom. The van der Waals surface area contributed by atoms with Crippen molar-refractivity contribution in [3.05, 3.63) is 24.0 Å². The van der Waals surface area contributed by atoms with Crippen LogP contribution >= 0.6 is 11.8 Å². The molecule has 1 unspecified atom stereocenters. The second-order valence-electron chi connectivity index (χ2n) is 3.85. The number of pyridine rings is 1. The second-order valence-corrected chi connectivity index (χ2v) is 5.00. The number of carbonyl (C=O) groups excluding carboxylic acids is 1. The maximum Gasteiger partial charge on any atom is 0.255 e. The predicted molar refractivity (Wildman–Crippen MR) is 63.7 cm³/mol. The zero-order valence-corrected chi connectivity index (χ0v) is 9.91. The van der Waals surface area contributed by atoms with Crippen LogP contribution in [-0.2, 0) is 0 Å². The van der Waals surface area contributed by atoms with Crippen molar-refractivity contribution in [3.63, 3.8) is 0 Å². The monoisotopic (exact) mass is 238 g/mol. The lowest BCUT2D eigenvalue weighted by atomic mass is 10.2. The van der Waals surface area contributed by atoms with Gasteiger partial charge in [0.05, 0.1) is 11.8 Å². The molecule has 1 N–H and O–H groups in total.